The van der Waals surface area contributed by atoms with Crippen LogP contribution in [0, 0.1) is 0 Å². The number of carbonyl (C=O) groups excluding carboxylic acids is 2. The topological polar surface area (TPSA) is 232 Å². The molecule has 0 saturated heterocycles. The maximum absolute atomic E-state index is 12.4. The second-order valence-electron chi connectivity index (χ2n) is 6.47. The van der Waals surface area contributed by atoms with Gasteiger partial charge in [0.15, 0.2) is 5.96 Å². The first kappa shape index (κ1) is 25.6. The number of aliphatic carboxylic acids is 1. The molecule has 0 spiro atoms. The number of nitrogens with one attached hydrogen (secondary N) is 2. The summed E-state index contributed by atoms with van der Waals surface area (Å²) >= 11 is 0. The Morgan fingerprint density at radius 2 is 1.68 bits per heavy atom. The summed E-state index contributed by atoms with van der Waals surface area (Å²) in [6.07, 6.45) is 0.762. The van der Waals surface area contributed by atoms with Gasteiger partial charge in [0.1, 0.15) is 12.1 Å². The summed E-state index contributed by atoms with van der Waals surface area (Å²) in [5.41, 5.74) is 21.5. The number of carbonyl (C=O) groups is 3. The van der Waals surface area contributed by atoms with Gasteiger partial charge in [-0.1, -0.05) is 0 Å². The fourth-order valence-corrected chi connectivity index (χ4v) is 2.33. The number of carboxylic acids is 1. The van der Waals surface area contributed by atoms with Gasteiger partial charge in [0.2, 0.25) is 11.8 Å². The summed E-state index contributed by atoms with van der Waals surface area (Å²) in [6, 6.07) is -3.43. The van der Waals surface area contributed by atoms with E-state index in [4.69, 9.17) is 22.9 Å². The van der Waals surface area contributed by atoms with Crippen molar-refractivity contribution in [3.05, 3.63) is 0 Å². The van der Waals surface area contributed by atoms with Crippen LogP contribution in [-0.2, 0) is 14.4 Å². The molecule has 0 aromatic rings. The average molecular weight is 403 g/mol. The van der Waals surface area contributed by atoms with E-state index in [0.717, 1.165) is 0 Å². The van der Waals surface area contributed by atoms with Crippen molar-refractivity contribution in [1.29, 1.82) is 0 Å². The number of nitrogens with two attached hydrogens (primary N) is 4. The van der Waals surface area contributed by atoms with Gasteiger partial charge in [-0.2, -0.15) is 0 Å². The predicted octanol–water partition coefficient (Wildman–Crippen LogP) is -3.07. The summed E-state index contributed by atoms with van der Waals surface area (Å²) in [5.74, 6) is -2.74. The number of aliphatic imine (C=N–C) groups is 1. The van der Waals surface area contributed by atoms with Crippen molar-refractivity contribution >= 4 is 23.7 Å². The molecule has 0 aliphatic rings. The van der Waals surface area contributed by atoms with Crippen LogP contribution >= 0.6 is 0 Å². The Balaban J connectivity index is 4.76. The first-order chi connectivity index (χ1) is 13.1. The predicted molar refractivity (Wildman–Crippen MR) is 104 cm³/mol. The molecule has 12 nitrogen and oxygen atoms in total. The van der Waals surface area contributed by atoms with Gasteiger partial charge in [0.25, 0.3) is 0 Å². The Morgan fingerprint density at radius 1 is 1.04 bits per heavy atom. The summed E-state index contributed by atoms with van der Waals surface area (Å²) in [5, 5.41) is 23.7. The van der Waals surface area contributed by atoms with E-state index in [9.17, 15) is 24.6 Å². The standard InChI is InChI=1S/C16H33N7O5/c1-9(24)12(14(26)22-11(15(27)28)6-2-3-7-17)23-13(25)10(18)5-4-8-21-16(19)20/h9-12,24H,2-8,17-18H2,1H3,(H,22,26)(H,23,25)(H,27,28)(H4,19,20,21). The number of hydrogen-bond acceptors (Lipinski definition) is 7. The van der Waals surface area contributed by atoms with Gasteiger partial charge in [0, 0.05) is 6.54 Å². The third-order valence-corrected chi connectivity index (χ3v) is 3.93. The quantitative estimate of drug-likeness (QED) is 0.0833. The highest BCUT2D eigenvalue weighted by Crippen LogP contribution is 2.04. The van der Waals surface area contributed by atoms with Crippen LogP contribution in [0.3, 0.4) is 0 Å². The molecule has 0 fully saturated rings. The van der Waals surface area contributed by atoms with E-state index < -0.39 is 42.0 Å². The Hall–Kier alpha value is -2.44. The molecular formula is C16H33N7O5. The minimum Gasteiger partial charge on any atom is -0.480 e. The molecule has 0 aliphatic heterocycles. The number of carboxylic acid groups (broad SMARTS) is 1. The lowest BCUT2D eigenvalue weighted by Crippen LogP contribution is -2.58. The highest BCUT2D eigenvalue weighted by molar-refractivity contribution is 5.92. The van der Waals surface area contributed by atoms with Crippen molar-refractivity contribution in [3.63, 3.8) is 0 Å². The molecule has 4 unspecified atom stereocenters. The lowest BCUT2D eigenvalue weighted by atomic mass is 10.1. The highest BCUT2D eigenvalue weighted by atomic mass is 16.4. The fraction of sp³-hybridized carbons (Fsp3) is 0.750. The zero-order valence-electron chi connectivity index (χ0n) is 16.1. The van der Waals surface area contributed by atoms with Crippen LogP contribution in [0.15, 0.2) is 4.99 Å². The zero-order valence-corrected chi connectivity index (χ0v) is 16.1. The second-order valence-corrected chi connectivity index (χ2v) is 6.47. The molecule has 12 N–H and O–H groups in total. The van der Waals surface area contributed by atoms with Gasteiger partial charge < -0.3 is 43.8 Å². The molecule has 162 valence electrons. The molecule has 0 rings (SSSR count). The van der Waals surface area contributed by atoms with E-state index in [2.05, 4.69) is 15.6 Å². The molecule has 0 saturated carbocycles. The lowest BCUT2D eigenvalue weighted by molar-refractivity contribution is -0.143. The third-order valence-electron chi connectivity index (χ3n) is 3.93. The first-order valence-corrected chi connectivity index (χ1v) is 9.12. The third kappa shape index (κ3) is 10.6. The normalized spacial score (nSPS) is 15.0. The summed E-state index contributed by atoms with van der Waals surface area (Å²) in [7, 11) is 0. The minimum absolute atomic E-state index is 0.0664. The smallest absolute Gasteiger partial charge is 0.326 e. The van der Waals surface area contributed by atoms with Crippen LogP contribution in [-0.4, -0.2) is 71.3 Å². The number of aliphatic hydroxyl groups excluding tert-OH is 1. The summed E-state index contributed by atoms with van der Waals surface area (Å²) in [6.45, 7) is 2.01. The molecule has 0 aromatic carbocycles. The zero-order chi connectivity index (χ0) is 21.7. The molecule has 0 heterocycles. The van der Waals surface area contributed by atoms with Gasteiger partial charge in [-0.05, 0) is 45.6 Å². The van der Waals surface area contributed by atoms with Crippen molar-refractivity contribution in [2.24, 2.45) is 27.9 Å². The van der Waals surface area contributed by atoms with Crippen LogP contribution in [0.25, 0.3) is 0 Å². The minimum atomic E-state index is -1.34. The van der Waals surface area contributed by atoms with Crippen molar-refractivity contribution in [3.8, 4) is 0 Å². The maximum Gasteiger partial charge on any atom is 0.326 e. The summed E-state index contributed by atoms with van der Waals surface area (Å²) in [4.78, 5) is 39.6. The van der Waals surface area contributed by atoms with Crippen LogP contribution in [0.4, 0.5) is 0 Å². The van der Waals surface area contributed by atoms with Gasteiger partial charge in [0.05, 0.1) is 12.1 Å². The number of hydrogen-bond donors (Lipinski definition) is 8. The van der Waals surface area contributed by atoms with Gasteiger partial charge in [-0.3, -0.25) is 14.6 Å². The van der Waals surface area contributed by atoms with Crippen LogP contribution in [0.1, 0.15) is 39.0 Å². The van der Waals surface area contributed by atoms with Crippen LogP contribution in [0.5, 0.6) is 0 Å². The van der Waals surface area contributed by atoms with E-state index in [1.807, 2.05) is 0 Å². The van der Waals surface area contributed by atoms with E-state index in [1.165, 1.54) is 6.92 Å². The molecule has 0 radical (unpaired) electrons. The molecule has 0 aromatic heterocycles. The van der Waals surface area contributed by atoms with Crippen molar-refractivity contribution in [2.45, 2.75) is 63.3 Å². The SMILES string of the molecule is CC(O)C(NC(=O)C(N)CCCN=C(N)N)C(=O)NC(CCCCN)C(=O)O. The first-order valence-electron chi connectivity index (χ1n) is 9.12. The maximum atomic E-state index is 12.4. The Morgan fingerprint density at radius 3 is 2.18 bits per heavy atom. The Bertz CT molecular complexity index is 537. The molecule has 0 aliphatic carbocycles. The molecule has 2 amide bonds. The average Bonchev–Trinajstić information content (AvgIpc) is 2.61. The Labute approximate surface area is 164 Å². The highest BCUT2D eigenvalue weighted by Gasteiger charge is 2.30. The number of unbranched alkanes of at least 4 members (excludes halogenated alkanes) is 1. The summed E-state index contributed by atoms with van der Waals surface area (Å²) < 4.78 is 0. The number of aliphatic hydroxyl groups is 1. The number of rotatable bonds is 14. The fourth-order valence-electron chi connectivity index (χ4n) is 2.33. The largest absolute Gasteiger partial charge is 0.480 e. The van der Waals surface area contributed by atoms with Crippen LogP contribution in [0.2, 0.25) is 0 Å². The molecule has 28 heavy (non-hydrogen) atoms. The van der Waals surface area contributed by atoms with Gasteiger partial charge in [-0.15, -0.1) is 0 Å². The molecule has 0 bridgehead atoms. The van der Waals surface area contributed by atoms with Crippen LogP contribution < -0.4 is 33.6 Å². The van der Waals surface area contributed by atoms with E-state index in [1.54, 1.807) is 0 Å². The number of amides is 2. The van der Waals surface area contributed by atoms with E-state index in [-0.39, 0.29) is 18.8 Å². The van der Waals surface area contributed by atoms with E-state index >= 15 is 0 Å². The monoisotopic (exact) mass is 403 g/mol. The van der Waals surface area contributed by atoms with Crippen molar-refractivity contribution < 1.29 is 24.6 Å². The number of guanidine groups is 1. The van der Waals surface area contributed by atoms with E-state index in [0.29, 0.717) is 32.4 Å². The Kier molecular flexibility index (Phi) is 12.5. The lowest BCUT2D eigenvalue weighted by Gasteiger charge is -2.24. The second kappa shape index (κ2) is 13.7. The van der Waals surface area contributed by atoms with Gasteiger partial charge in [-0.25, -0.2) is 4.79 Å². The van der Waals surface area contributed by atoms with Gasteiger partial charge >= 0.3 is 5.97 Å². The van der Waals surface area contributed by atoms with Crippen molar-refractivity contribution in [2.75, 3.05) is 13.1 Å². The molecule has 12 heteroatoms. The number of nitrogens with zero attached hydrogens (tertiary/aromatic N) is 1. The molecule has 4 atom stereocenters. The molecular weight excluding hydrogens is 370 g/mol. The van der Waals surface area contributed by atoms with Crippen molar-refractivity contribution in [1.82, 2.24) is 10.6 Å².